The summed E-state index contributed by atoms with van der Waals surface area (Å²) in [5.74, 6) is 0.408. The average molecular weight is 459 g/mol. The van der Waals surface area contributed by atoms with Crippen molar-refractivity contribution in [1.82, 2.24) is 0 Å². The van der Waals surface area contributed by atoms with Crippen molar-refractivity contribution >= 4 is 40.4 Å². The number of fused-ring (bicyclic) bond motifs is 2. The van der Waals surface area contributed by atoms with Crippen molar-refractivity contribution in [2.45, 2.75) is 19.8 Å². The van der Waals surface area contributed by atoms with Gasteiger partial charge in [-0.15, -0.1) is 0 Å². The van der Waals surface area contributed by atoms with E-state index in [-0.39, 0.29) is 23.1 Å². The predicted octanol–water partition coefficient (Wildman–Crippen LogP) is 7.05. The van der Waals surface area contributed by atoms with Crippen molar-refractivity contribution in [1.29, 1.82) is 0 Å². The number of hydrogen-bond donors (Lipinski definition) is 0. The van der Waals surface area contributed by atoms with Crippen molar-refractivity contribution in [2.24, 2.45) is 0 Å². The second kappa shape index (κ2) is 8.26. The summed E-state index contributed by atoms with van der Waals surface area (Å²) in [6, 6.07) is 19.3. The summed E-state index contributed by atoms with van der Waals surface area (Å²) in [4.78, 5) is 25.3. The third-order valence-corrected chi connectivity index (χ3v) is 5.67. The number of rotatable bonds is 4. The standard InChI is InChI=1S/C27H19ClO5/c1-15(2)17-5-3-16(4-6-17)11-24-26(29)21-9-8-20(14-23(21)33-24)31-27(30)25-13-18-12-19(28)7-10-22(18)32-25/h3-15H,1-2H3/b24-11-. The quantitative estimate of drug-likeness (QED) is 0.186. The highest BCUT2D eigenvalue weighted by molar-refractivity contribution is 6.31. The minimum absolute atomic E-state index is 0.0511. The van der Waals surface area contributed by atoms with Crippen LogP contribution in [0, 0.1) is 0 Å². The summed E-state index contributed by atoms with van der Waals surface area (Å²) < 4.78 is 16.8. The molecule has 0 bridgehead atoms. The van der Waals surface area contributed by atoms with E-state index in [9.17, 15) is 9.59 Å². The van der Waals surface area contributed by atoms with Gasteiger partial charge < -0.3 is 13.9 Å². The molecule has 1 aliphatic rings. The van der Waals surface area contributed by atoms with E-state index in [2.05, 4.69) is 13.8 Å². The van der Waals surface area contributed by atoms with Gasteiger partial charge in [-0.25, -0.2) is 4.79 Å². The van der Waals surface area contributed by atoms with Gasteiger partial charge in [-0.05, 0) is 59.5 Å². The number of halogens is 1. The molecule has 0 saturated heterocycles. The number of carbonyl (C=O) groups is 2. The number of esters is 1. The molecule has 5 nitrogen and oxygen atoms in total. The number of Topliss-reactive ketones (excluding diaryl/α,β-unsaturated/α-hetero) is 1. The van der Waals surface area contributed by atoms with E-state index in [1.807, 2.05) is 24.3 Å². The average Bonchev–Trinajstić information content (AvgIpc) is 3.35. The minimum atomic E-state index is -0.660. The van der Waals surface area contributed by atoms with Crippen molar-refractivity contribution in [3.05, 3.63) is 100.0 Å². The summed E-state index contributed by atoms with van der Waals surface area (Å²) >= 11 is 5.98. The molecule has 0 radical (unpaired) electrons. The van der Waals surface area contributed by atoms with Crippen LogP contribution in [-0.2, 0) is 0 Å². The number of furan rings is 1. The maximum absolute atomic E-state index is 12.7. The summed E-state index contributed by atoms with van der Waals surface area (Å²) in [5, 5.41) is 1.25. The van der Waals surface area contributed by atoms with Crippen LogP contribution in [0.4, 0.5) is 0 Å². The SMILES string of the molecule is CC(C)c1ccc(/C=C2\Oc3cc(OC(=O)c4cc5cc(Cl)ccc5o4)ccc3C2=O)cc1. The van der Waals surface area contributed by atoms with Gasteiger partial charge in [-0.3, -0.25) is 4.79 Å². The first kappa shape index (κ1) is 21.0. The zero-order valence-corrected chi connectivity index (χ0v) is 18.7. The molecule has 0 amide bonds. The lowest BCUT2D eigenvalue weighted by Crippen LogP contribution is -2.07. The van der Waals surface area contributed by atoms with Gasteiger partial charge in [-0.2, -0.15) is 0 Å². The predicted molar refractivity (Wildman–Crippen MR) is 126 cm³/mol. The van der Waals surface area contributed by atoms with Gasteiger partial charge in [0.05, 0.1) is 5.56 Å². The molecule has 0 saturated carbocycles. The third-order valence-electron chi connectivity index (χ3n) is 5.43. The summed E-state index contributed by atoms with van der Waals surface area (Å²) in [5.41, 5.74) is 3.04. The molecule has 1 aromatic heterocycles. The molecule has 3 aromatic carbocycles. The first-order valence-corrected chi connectivity index (χ1v) is 10.8. The van der Waals surface area contributed by atoms with Gasteiger partial charge >= 0.3 is 5.97 Å². The Morgan fingerprint density at radius 1 is 1.00 bits per heavy atom. The monoisotopic (exact) mass is 458 g/mol. The maximum Gasteiger partial charge on any atom is 0.379 e. The van der Waals surface area contributed by atoms with Crippen LogP contribution >= 0.6 is 11.6 Å². The van der Waals surface area contributed by atoms with Crippen LogP contribution in [0.2, 0.25) is 5.02 Å². The van der Waals surface area contributed by atoms with Crippen LogP contribution in [-0.4, -0.2) is 11.8 Å². The van der Waals surface area contributed by atoms with Gasteiger partial charge in [0.25, 0.3) is 0 Å². The second-order valence-electron chi connectivity index (χ2n) is 8.10. The number of hydrogen-bond acceptors (Lipinski definition) is 5. The molecule has 0 aliphatic carbocycles. The zero-order valence-electron chi connectivity index (χ0n) is 17.9. The van der Waals surface area contributed by atoms with E-state index in [4.69, 9.17) is 25.5 Å². The molecule has 33 heavy (non-hydrogen) atoms. The van der Waals surface area contributed by atoms with Crippen molar-refractivity contribution in [3.8, 4) is 11.5 Å². The molecule has 2 heterocycles. The van der Waals surface area contributed by atoms with Crippen LogP contribution in [0.15, 0.2) is 76.9 Å². The number of ketones is 1. The molecular formula is C27H19ClO5. The summed E-state index contributed by atoms with van der Waals surface area (Å²) in [6.07, 6.45) is 1.71. The lowest BCUT2D eigenvalue weighted by Gasteiger charge is -2.05. The molecule has 6 heteroatoms. The van der Waals surface area contributed by atoms with E-state index in [0.29, 0.717) is 33.2 Å². The fraction of sp³-hybridized carbons (Fsp3) is 0.111. The summed E-state index contributed by atoms with van der Waals surface area (Å²) in [6.45, 7) is 4.25. The number of ether oxygens (including phenoxy) is 2. The molecular weight excluding hydrogens is 440 g/mol. The van der Waals surface area contributed by atoms with Crippen LogP contribution in [0.25, 0.3) is 17.0 Å². The molecule has 0 atom stereocenters. The Morgan fingerprint density at radius 2 is 1.79 bits per heavy atom. The molecule has 0 spiro atoms. The maximum atomic E-state index is 12.7. The Balaban J connectivity index is 1.34. The highest BCUT2D eigenvalue weighted by atomic mass is 35.5. The minimum Gasteiger partial charge on any atom is -0.452 e. The highest BCUT2D eigenvalue weighted by Crippen LogP contribution is 2.35. The van der Waals surface area contributed by atoms with Crippen molar-refractivity contribution in [2.75, 3.05) is 0 Å². The van der Waals surface area contributed by atoms with Gasteiger partial charge in [0, 0.05) is 16.5 Å². The first-order chi connectivity index (χ1) is 15.9. The van der Waals surface area contributed by atoms with Crippen molar-refractivity contribution < 1.29 is 23.5 Å². The van der Waals surface area contributed by atoms with Crippen LogP contribution in [0.3, 0.4) is 0 Å². The lowest BCUT2D eigenvalue weighted by atomic mass is 10.0. The summed E-state index contributed by atoms with van der Waals surface area (Å²) in [7, 11) is 0. The largest absolute Gasteiger partial charge is 0.452 e. The lowest BCUT2D eigenvalue weighted by molar-refractivity contribution is 0.0703. The van der Waals surface area contributed by atoms with E-state index < -0.39 is 5.97 Å². The van der Waals surface area contributed by atoms with Crippen molar-refractivity contribution in [3.63, 3.8) is 0 Å². The molecule has 164 valence electrons. The highest BCUT2D eigenvalue weighted by Gasteiger charge is 2.28. The fourth-order valence-electron chi connectivity index (χ4n) is 3.63. The Morgan fingerprint density at radius 3 is 2.55 bits per heavy atom. The first-order valence-electron chi connectivity index (χ1n) is 10.5. The number of benzene rings is 3. The van der Waals surface area contributed by atoms with Crippen LogP contribution < -0.4 is 9.47 Å². The molecule has 0 N–H and O–H groups in total. The van der Waals surface area contributed by atoms with E-state index in [1.165, 1.54) is 11.6 Å². The second-order valence-corrected chi connectivity index (χ2v) is 8.54. The molecule has 0 fully saturated rings. The van der Waals surface area contributed by atoms with E-state index in [0.717, 1.165) is 5.56 Å². The topological polar surface area (TPSA) is 65.7 Å². The third kappa shape index (κ3) is 4.15. The van der Waals surface area contributed by atoms with Gasteiger partial charge in [0.2, 0.25) is 11.5 Å². The molecule has 0 unspecified atom stereocenters. The smallest absolute Gasteiger partial charge is 0.379 e. The van der Waals surface area contributed by atoms with Crippen LogP contribution in [0.5, 0.6) is 11.5 Å². The van der Waals surface area contributed by atoms with E-state index >= 15 is 0 Å². The fourth-order valence-corrected chi connectivity index (χ4v) is 3.81. The van der Waals surface area contributed by atoms with Gasteiger partial charge in [-0.1, -0.05) is 49.7 Å². The number of allylic oxidation sites excluding steroid dienone is 1. The normalized spacial score (nSPS) is 14.1. The Labute approximate surface area is 195 Å². The molecule has 1 aliphatic heterocycles. The Kier molecular flexibility index (Phi) is 5.27. The Hall–Kier alpha value is -3.83. The van der Waals surface area contributed by atoms with Gasteiger partial charge in [0.15, 0.2) is 5.76 Å². The van der Waals surface area contributed by atoms with Gasteiger partial charge in [0.1, 0.15) is 17.1 Å². The Bertz CT molecular complexity index is 1430. The van der Waals surface area contributed by atoms with E-state index in [1.54, 1.807) is 42.5 Å². The van der Waals surface area contributed by atoms with Crippen LogP contribution in [0.1, 0.15) is 51.8 Å². The molecule has 5 rings (SSSR count). The molecule has 4 aromatic rings. The zero-order chi connectivity index (χ0) is 23.1. The number of carbonyl (C=O) groups excluding carboxylic acids is 2.